The van der Waals surface area contributed by atoms with Crippen molar-refractivity contribution in [3.05, 3.63) is 104 Å². The molecule has 3 aromatic carbocycles. The predicted octanol–water partition coefficient (Wildman–Crippen LogP) is 6.52. The van der Waals surface area contributed by atoms with E-state index in [1.165, 1.54) is 16.7 Å². The van der Waals surface area contributed by atoms with Gasteiger partial charge in [0.15, 0.2) is 0 Å². The molecule has 2 unspecified atom stereocenters. The monoisotopic (exact) mass is 680 g/mol. The molecule has 2 aliphatic rings. The third-order valence-corrected chi connectivity index (χ3v) is 11.2. The Balaban J connectivity index is 1.44. The van der Waals surface area contributed by atoms with E-state index in [0.717, 1.165) is 59.6 Å². The minimum absolute atomic E-state index is 0.347. The molecule has 0 spiro atoms. The molecule has 3 heterocycles. The van der Waals surface area contributed by atoms with Crippen LogP contribution >= 0.6 is 23.1 Å². The van der Waals surface area contributed by atoms with E-state index in [9.17, 15) is 32.3 Å². The number of thioether (sulfide) groups is 1. The van der Waals surface area contributed by atoms with Crippen molar-refractivity contribution in [1.29, 1.82) is 0 Å². The molecule has 1 N–H and O–H groups in total. The Hall–Kier alpha value is -4.36. The number of anilines is 3. The van der Waals surface area contributed by atoms with Gasteiger partial charge in [-0.15, -0.1) is 0 Å². The lowest BCUT2D eigenvalue weighted by Crippen LogP contribution is -2.33. The van der Waals surface area contributed by atoms with E-state index >= 15 is 0 Å². The number of carbonyl (C=O) groups is 3. The van der Waals surface area contributed by atoms with Crippen molar-refractivity contribution in [1.82, 2.24) is 4.57 Å². The van der Waals surface area contributed by atoms with Crippen LogP contribution in [0.2, 0.25) is 0 Å². The van der Waals surface area contributed by atoms with Crippen molar-refractivity contribution in [2.24, 2.45) is 5.92 Å². The molecule has 3 atom stereocenters. The normalized spacial score (nSPS) is 19.0. The number of nitrogens with zero attached hydrogens (tertiary/aromatic N) is 3. The Morgan fingerprint density at radius 1 is 0.915 bits per heavy atom. The maximum Gasteiger partial charge on any atom is 0.418 e. The summed E-state index contributed by atoms with van der Waals surface area (Å²) in [5.74, 6) is -3.91. The van der Waals surface area contributed by atoms with Gasteiger partial charge >= 0.3 is 11.0 Å². The molecule has 0 saturated carbocycles. The van der Waals surface area contributed by atoms with Crippen LogP contribution in [0.4, 0.5) is 30.2 Å². The fraction of sp³-hybridized carbons (Fsp3) is 0.294. The summed E-state index contributed by atoms with van der Waals surface area (Å²) in [6.07, 6.45) is -4.80. The minimum atomic E-state index is -4.80. The molecular formula is C34H31F3N4O4S2. The van der Waals surface area contributed by atoms with Crippen LogP contribution in [0, 0.1) is 12.8 Å². The van der Waals surface area contributed by atoms with E-state index in [1.54, 1.807) is 12.1 Å². The van der Waals surface area contributed by atoms with E-state index in [1.807, 2.05) is 57.2 Å². The van der Waals surface area contributed by atoms with Crippen LogP contribution in [0.3, 0.4) is 0 Å². The predicted molar refractivity (Wildman–Crippen MR) is 177 cm³/mol. The molecule has 1 saturated heterocycles. The van der Waals surface area contributed by atoms with Gasteiger partial charge in [0.05, 0.1) is 22.2 Å². The van der Waals surface area contributed by atoms with Gasteiger partial charge in [-0.1, -0.05) is 65.6 Å². The number of hydrogen-bond donors (Lipinski definition) is 1. The highest BCUT2D eigenvalue weighted by Crippen LogP contribution is 2.54. The van der Waals surface area contributed by atoms with Crippen LogP contribution in [0.15, 0.2) is 82.6 Å². The fourth-order valence-corrected chi connectivity index (χ4v) is 9.06. The van der Waals surface area contributed by atoms with Gasteiger partial charge in [0.2, 0.25) is 17.7 Å². The molecule has 8 nitrogen and oxygen atoms in total. The van der Waals surface area contributed by atoms with Gasteiger partial charge in [-0.25, -0.2) is 4.90 Å². The summed E-state index contributed by atoms with van der Waals surface area (Å²) in [6.45, 7) is 7.07. The standard InChI is InChI=1S/C34H31F3N4O4S2/c1-4-39(5-2)21-16-14-20(15-17-21)26-27-28(31(44)41(30(27)43)24-13-9-7-11-22(24)34(35,36)37)46-32-29(26)47-33(45)40(32)18-25(42)38-23-12-8-6-10-19(23)3/h6-17,26-28H,4-5,18H2,1-3H3,(H,38,42)/t26-,27?,28?/m1/s1. The zero-order chi connectivity index (χ0) is 33.6. The molecular weight excluding hydrogens is 650 g/mol. The zero-order valence-corrected chi connectivity index (χ0v) is 27.3. The van der Waals surface area contributed by atoms with Crippen LogP contribution < -0.4 is 20.0 Å². The van der Waals surface area contributed by atoms with E-state index in [4.69, 9.17) is 0 Å². The van der Waals surface area contributed by atoms with Crippen molar-refractivity contribution >= 4 is 57.9 Å². The lowest BCUT2D eigenvalue weighted by molar-refractivity contribution is -0.137. The number of fused-ring (bicyclic) bond motifs is 2. The molecule has 1 fully saturated rings. The number of thiazole rings is 1. The molecule has 0 aliphatic carbocycles. The van der Waals surface area contributed by atoms with Gasteiger partial charge in [0.1, 0.15) is 11.8 Å². The largest absolute Gasteiger partial charge is 0.418 e. The number of aryl methyl sites for hydroxylation is 1. The molecule has 0 bridgehead atoms. The molecule has 2 aliphatic heterocycles. The Morgan fingerprint density at radius 2 is 1.57 bits per heavy atom. The lowest BCUT2D eigenvalue weighted by atomic mass is 9.83. The zero-order valence-electron chi connectivity index (χ0n) is 25.7. The van der Waals surface area contributed by atoms with Crippen molar-refractivity contribution in [2.75, 3.05) is 28.2 Å². The smallest absolute Gasteiger partial charge is 0.372 e. The Labute approximate surface area is 277 Å². The summed E-state index contributed by atoms with van der Waals surface area (Å²) in [5.41, 5.74) is 1.38. The molecule has 244 valence electrons. The topological polar surface area (TPSA) is 91.7 Å². The number of carbonyl (C=O) groups excluding carboxylic acids is 3. The molecule has 1 aromatic heterocycles. The van der Waals surface area contributed by atoms with Gasteiger partial charge in [-0.2, -0.15) is 13.2 Å². The van der Waals surface area contributed by atoms with Gasteiger partial charge in [-0.3, -0.25) is 23.7 Å². The Morgan fingerprint density at radius 3 is 2.23 bits per heavy atom. The average molecular weight is 681 g/mol. The third-order valence-electron chi connectivity index (χ3n) is 8.60. The number of aromatic nitrogens is 1. The van der Waals surface area contributed by atoms with Crippen molar-refractivity contribution < 1.29 is 27.6 Å². The number of hydrogen-bond acceptors (Lipinski definition) is 7. The first-order chi connectivity index (χ1) is 22.4. The number of halogens is 3. The summed E-state index contributed by atoms with van der Waals surface area (Å²) >= 11 is 1.84. The number of amides is 3. The second-order valence-corrected chi connectivity index (χ2v) is 13.4. The number of benzene rings is 3. The number of rotatable bonds is 8. The molecule has 13 heteroatoms. The summed E-state index contributed by atoms with van der Waals surface area (Å²) in [5, 5.41) is 2.05. The number of nitrogens with one attached hydrogen (secondary N) is 1. The summed E-state index contributed by atoms with van der Waals surface area (Å²) in [6, 6.07) is 19.2. The van der Waals surface area contributed by atoms with Crippen LogP contribution in [0.25, 0.3) is 0 Å². The first-order valence-corrected chi connectivity index (χ1v) is 16.8. The third kappa shape index (κ3) is 5.86. The second-order valence-electron chi connectivity index (χ2n) is 11.3. The van der Waals surface area contributed by atoms with Crippen LogP contribution in [-0.2, 0) is 27.1 Å². The number of imide groups is 1. The molecule has 6 rings (SSSR count). The van der Waals surface area contributed by atoms with Crippen LogP contribution in [0.1, 0.15) is 41.3 Å². The van der Waals surface area contributed by atoms with Gasteiger partial charge in [0, 0.05) is 35.3 Å². The average Bonchev–Trinajstić information content (AvgIpc) is 3.48. The SMILES string of the molecule is CCN(CC)c1ccc([C@H]2c3sc(=O)n(CC(=O)Nc4ccccc4C)c3SC3C(=O)N(c4ccccc4C(F)(F)F)C(=O)C32)cc1. The lowest BCUT2D eigenvalue weighted by Gasteiger charge is -2.31. The summed E-state index contributed by atoms with van der Waals surface area (Å²) in [4.78, 5) is 57.6. The van der Waals surface area contributed by atoms with Crippen LogP contribution in [-0.4, -0.2) is 40.6 Å². The second kappa shape index (κ2) is 12.7. The summed E-state index contributed by atoms with van der Waals surface area (Å²) < 4.78 is 43.5. The van der Waals surface area contributed by atoms with E-state index in [-0.39, 0.29) is 6.54 Å². The van der Waals surface area contributed by atoms with Gasteiger partial charge in [0.25, 0.3) is 0 Å². The van der Waals surface area contributed by atoms with Crippen molar-refractivity contribution in [3.8, 4) is 0 Å². The quantitative estimate of drug-likeness (QED) is 0.213. The van der Waals surface area contributed by atoms with Crippen LogP contribution in [0.5, 0.6) is 0 Å². The van der Waals surface area contributed by atoms with Gasteiger partial charge < -0.3 is 10.2 Å². The first-order valence-electron chi connectivity index (χ1n) is 15.1. The van der Waals surface area contributed by atoms with Crippen molar-refractivity contribution in [3.63, 3.8) is 0 Å². The first kappa shape index (κ1) is 32.6. The number of para-hydroxylation sites is 2. The Kier molecular flexibility index (Phi) is 8.79. The maximum absolute atomic E-state index is 14.2. The molecule has 4 aromatic rings. The minimum Gasteiger partial charge on any atom is -0.372 e. The van der Waals surface area contributed by atoms with Crippen molar-refractivity contribution in [2.45, 2.75) is 49.7 Å². The van der Waals surface area contributed by atoms with E-state index in [2.05, 4.69) is 10.2 Å². The summed E-state index contributed by atoms with van der Waals surface area (Å²) in [7, 11) is 0. The Bertz CT molecular complexity index is 1920. The van der Waals surface area contributed by atoms with Gasteiger partial charge in [-0.05, 0) is 62.2 Å². The van der Waals surface area contributed by atoms with E-state index < -0.39 is 57.1 Å². The fourth-order valence-electron chi connectivity index (χ4n) is 6.29. The van der Waals surface area contributed by atoms with E-state index in [0.29, 0.717) is 26.1 Å². The highest BCUT2D eigenvalue weighted by molar-refractivity contribution is 8.00. The molecule has 0 radical (unpaired) electrons. The highest BCUT2D eigenvalue weighted by atomic mass is 32.2. The maximum atomic E-state index is 14.2. The molecule has 3 amide bonds. The highest BCUT2D eigenvalue weighted by Gasteiger charge is 2.57. The number of alkyl halides is 3. The molecule has 47 heavy (non-hydrogen) atoms.